The summed E-state index contributed by atoms with van der Waals surface area (Å²) >= 11 is 0. The molecule has 31 heavy (non-hydrogen) atoms. The SMILES string of the molecule is CCCCCCCCCCCCOC(N)CCCCCCCCCCC.O=S(=O)(O)O. The topological polar surface area (TPSA) is 110 Å². The first kappa shape index (κ1) is 33.0. The maximum absolute atomic E-state index is 8.74. The van der Waals surface area contributed by atoms with Crippen LogP contribution in [0.2, 0.25) is 0 Å². The molecule has 0 fully saturated rings. The molecule has 0 bridgehead atoms. The van der Waals surface area contributed by atoms with Crippen LogP contribution in [0.15, 0.2) is 0 Å². The largest absolute Gasteiger partial charge is 0.394 e. The van der Waals surface area contributed by atoms with Crippen LogP contribution in [0.25, 0.3) is 0 Å². The quantitative estimate of drug-likeness (QED) is 0.0864. The van der Waals surface area contributed by atoms with Crippen molar-refractivity contribution in [3.05, 3.63) is 0 Å². The summed E-state index contributed by atoms with van der Waals surface area (Å²) in [5, 5.41) is 0. The van der Waals surface area contributed by atoms with E-state index in [2.05, 4.69) is 13.8 Å². The summed E-state index contributed by atoms with van der Waals surface area (Å²) in [6.45, 7) is 5.42. The molecule has 0 aromatic carbocycles. The minimum Gasteiger partial charge on any atom is -0.364 e. The van der Waals surface area contributed by atoms with E-state index in [0.29, 0.717) is 0 Å². The van der Waals surface area contributed by atoms with Crippen LogP contribution < -0.4 is 5.73 Å². The molecule has 0 radical (unpaired) electrons. The van der Waals surface area contributed by atoms with E-state index in [1.807, 2.05) is 0 Å². The van der Waals surface area contributed by atoms with Crippen LogP contribution in [-0.4, -0.2) is 30.4 Å². The van der Waals surface area contributed by atoms with E-state index in [1.165, 1.54) is 122 Å². The standard InChI is InChI=1S/C24H51NO.H2O4S/c1-3-5-7-9-11-13-15-17-19-21-23-26-24(25)22-20-18-16-14-12-10-8-6-4-2;1-5(2,3)4/h24H,3-23,25H2,1-2H3;(H2,1,2,3,4). The summed E-state index contributed by atoms with van der Waals surface area (Å²) in [6, 6.07) is 0. The third kappa shape index (κ3) is 40.6. The second-order valence-electron chi connectivity index (χ2n) is 8.66. The first-order valence-electron chi connectivity index (χ1n) is 12.9. The molecule has 6 nitrogen and oxygen atoms in total. The molecular formula is C24H53NO5S. The molecule has 190 valence electrons. The molecule has 0 aliphatic carbocycles. The van der Waals surface area contributed by atoms with Crippen molar-refractivity contribution in [2.24, 2.45) is 5.73 Å². The van der Waals surface area contributed by atoms with Crippen LogP contribution in [0.4, 0.5) is 0 Å². The van der Waals surface area contributed by atoms with E-state index in [9.17, 15) is 0 Å². The van der Waals surface area contributed by atoms with Crippen molar-refractivity contribution in [3.63, 3.8) is 0 Å². The average Bonchev–Trinajstić information content (AvgIpc) is 2.69. The first-order valence-corrected chi connectivity index (χ1v) is 14.3. The van der Waals surface area contributed by atoms with Gasteiger partial charge in [0.25, 0.3) is 0 Å². The molecule has 0 amide bonds. The predicted molar refractivity (Wildman–Crippen MR) is 132 cm³/mol. The highest BCUT2D eigenvalue weighted by Gasteiger charge is 2.02. The molecule has 0 saturated carbocycles. The van der Waals surface area contributed by atoms with Gasteiger partial charge in [0.05, 0.1) is 0 Å². The third-order valence-electron chi connectivity index (χ3n) is 5.42. The number of rotatable bonds is 22. The Kier molecular flexibility index (Phi) is 27.7. The zero-order valence-electron chi connectivity index (χ0n) is 20.5. The van der Waals surface area contributed by atoms with Crippen molar-refractivity contribution >= 4 is 10.4 Å². The van der Waals surface area contributed by atoms with E-state index in [0.717, 1.165) is 13.0 Å². The molecule has 7 heteroatoms. The van der Waals surface area contributed by atoms with Crippen LogP contribution in [0.3, 0.4) is 0 Å². The second-order valence-corrected chi connectivity index (χ2v) is 9.55. The van der Waals surface area contributed by atoms with Gasteiger partial charge in [0.1, 0.15) is 6.23 Å². The van der Waals surface area contributed by atoms with Gasteiger partial charge < -0.3 is 10.5 Å². The number of hydrogen-bond donors (Lipinski definition) is 3. The van der Waals surface area contributed by atoms with Crippen molar-refractivity contribution in [1.82, 2.24) is 0 Å². The van der Waals surface area contributed by atoms with Crippen molar-refractivity contribution in [2.75, 3.05) is 6.61 Å². The maximum atomic E-state index is 8.74. The molecule has 1 atom stereocenters. The fraction of sp³-hybridized carbons (Fsp3) is 1.00. The van der Waals surface area contributed by atoms with E-state index in [4.69, 9.17) is 28.0 Å². The molecule has 0 aliphatic heterocycles. The van der Waals surface area contributed by atoms with E-state index in [-0.39, 0.29) is 6.23 Å². The smallest absolute Gasteiger partial charge is 0.364 e. The maximum Gasteiger partial charge on any atom is 0.394 e. The van der Waals surface area contributed by atoms with E-state index >= 15 is 0 Å². The summed E-state index contributed by atoms with van der Waals surface area (Å²) in [4.78, 5) is 0. The molecule has 4 N–H and O–H groups in total. The van der Waals surface area contributed by atoms with Crippen LogP contribution in [0, 0.1) is 0 Å². The first-order chi connectivity index (χ1) is 14.8. The Balaban J connectivity index is 0. The normalized spacial score (nSPS) is 12.4. The van der Waals surface area contributed by atoms with Gasteiger partial charge in [0.15, 0.2) is 0 Å². The summed E-state index contributed by atoms with van der Waals surface area (Å²) < 4.78 is 37.3. The minimum atomic E-state index is -4.67. The van der Waals surface area contributed by atoms with Crippen LogP contribution >= 0.6 is 0 Å². The average molecular weight is 468 g/mol. The zero-order chi connectivity index (χ0) is 23.6. The van der Waals surface area contributed by atoms with Crippen LogP contribution in [0.1, 0.15) is 142 Å². The number of unbranched alkanes of at least 4 members (excludes halogenated alkanes) is 17. The van der Waals surface area contributed by atoms with Gasteiger partial charge in [-0.3, -0.25) is 9.11 Å². The molecule has 0 spiro atoms. The molecule has 0 saturated heterocycles. The van der Waals surface area contributed by atoms with Gasteiger partial charge in [-0.25, -0.2) is 0 Å². The van der Waals surface area contributed by atoms with Gasteiger partial charge in [-0.15, -0.1) is 0 Å². The van der Waals surface area contributed by atoms with Crippen molar-refractivity contribution in [2.45, 2.75) is 148 Å². The summed E-state index contributed by atoms with van der Waals surface area (Å²) in [6.07, 6.45) is 27.1. The summed E-state index contributed by atoms with van der Waals surface area (Å²) in [7, 11) is -4.67. The Morgan fingerprint density at radius 1 is 0.613 bits per heavy atom. The highest BCUT2D eigenvalue weighted by Crippen LogP contribution is 2.12. The van der Waals surface area contributed by atoms with E-state index < -0.39 is 10.4 Å². The lowest BCUT2D eigenvalue weighted by molar-refractivity contribution is 0.0475. The Morgan fingerprint density at radius 2 is 0.903 bits per heavy atom. The molecule has 0 aromatic heterocycles. The third-order valence-corrected chi connectivity index (χ3v) is 5.42. The van der Waals surface area contributed by atoms with Gasteiger partial charge in [0.2, 0.25) is 0 Å². The molecule has 0 heterocycles. The highest BCUT2D eigenvalue weighted by atomic mass is 32.3. The zero-order valence-corrected chi connectivity index (χ0v) is 21.3. The van der Waals surface area contributed by atoms with Gasteiger partial charge in [0, 0.05) is 6.61 Å². The van der Waals surface area contributed by atoms with Gasteiger partial charge in [-0.2, -0.15) is 8.42 Å². The molecular weight excluding hydrogens is 414 g/mol. The number of ether oxygens (including phenoxy) is 1. The van der Waals surface area contributed by atoms with Crippen LogP contribution in [0.5, 0.6) is 0 Å². The predicted octanol–water partition coefficient (Wildman–Crippen LogP) is 7.48. The monoisotopic (exact) mass is 467 g/mol. The fourth-order valence-corrected chi connectivity index (χ4v) is 3.56. The summed E-state index contributed by atoms with van der Waals surface area (Å²) in [5.41, 5.74) is 6.07. The minimum absolute atomic E-state index is 0.0295. The number of hydrogen-bond acceptors (Lipinski definition) is 4. The summed E-state index contributed by atoms with van der Waals surface area (Å²) in [5.74, 6) is 0. The lowest BCUT2D eigenvalue weighted by Gasteiger charge is -2.13. The molecule has 1 unspecified atom stereocenters. The Morgan fingerprint density at radius 3 is 1.26 bits per heavy atom. The highest BCUT2D eigenvalue weighted by molar-refractivity contribution is 7.79. The Hall–Kier alpha value is -0.210. The number of nitrogens with two attached hydrogens (primary N) is 1. The Bertz CT molecular complexity index is 424. The Labute approximate surface area is 193 Å². The lowest BCUT2D eigenvalue weighted by atomic mass is 10.1. The molecule has 0 aliphatic rings. The van der Waals surface area contributed by atoms with Crippen LogP contribution in [-0.2, 0) is 15.1 Å². The van der Waals surface area contributed by atoms with Crippen molar-refractivity contribution < 1.29 is 22.3 Å². The fourth-order valence-electron chi connectivity index (χ4n) is 3.56. The lowest BCUT2D eigenvalue weighted by Crippen LogP contribution is -2.24. The van der Waals surface area contributed by atoms with Gasteiger partial charge in [-0.1, -0.05) is 123 Å². The van der Waals surface area contributed by atoms with E-state index in [1.54, 1.807) is 0 Å². The second kappa shape index (κ2) is 26.0. The van der Waals surface area contributed by atoms with Gasteiger partial charge >= 0.3 is 10.4 Å². The van der Waals surface area contributed by atoms with Gasteiger partial charge in [-0.05, 0) is 19.3 Å². The van der Waals surface area contributed by atoms with Crippen molar-refractivity contribution in [1.29, 1.82) is 0 Å². The van der Waals surface area contributed by atoms with Crippen molar-refractivity contribution in [3.8, 4) is 0 Å². The molecule has 0 aromatic rings. The molecule has 0 rings (SSSR count).